The Morgan fingerprint density at radius 1 is 1.12 bits per heavy atom. The summed E-state index contributed by atoms with van der Waals surface area (Å²) < 4.78 is 5.97. The number of nitrogens with two attached hydrogens (primary N) is 1. The first-order valence-corrected chi connectivity index (χ1v) is 9.10. The van der Waals surface area contributed by atoms with Crippen molar-refractivity contribution in [1.29, 1.82) is 5.41 Å². The van der Waals surface area contributed by atoms with Gasteiger partial charge in [0.25, 0.3) is 0 Å². The molecule has 26 heavy (non-hydrogen) atoms. The van der Waals surface area contributed by atoms with Crippen LogP contribution in [-0.2, 0) is 12.8 Å². The van der Waals surface area contributed by atoms with Crippen molar-refractivity contribution in [3.8, 4) is 5.75 Å². The number of H-pyrrole nitrogens is 1. The summed E-state index contributed by atoms with van der Waals surface area (Å²) in [5.74, 6) is 1.04. The summed E-state index contributed by atoms with van der Waals surface area (Å²) in [6.07, 6.45) is 3.29. The topological polar surface area (TPSA) is 86.9 Å². The molecule has 0 amide bonds. The van der Waals surface area contributed by atoms with E-state index in [2.05, 4.69) is 40.6 Å². The lowest BCUT2D eigenvalue weighted by Gasteiger charge is -2.12. The van der Waals surface area contributed by atoms with Crippen molar-refractivity contribution in [2.45, 2.75) is 25.4 Å². The van der Waals surface area contributed by atoms with E-state index < -0.39 is 0 Å². The van der Waals surface area contributed by atoms with Gasteiger partial charge >= 0.3 is 0 Å². The zero-order valence-electron chi connectivity index (χ0n) is 14.7. The van der Waals surface area contributed by atoms with E-state index in [1.165, 1.54) is 11.3 Å². The van der Waals surface area contributed by atoms with Crippen molar-refractivity contribution in [3.05, 3.63) is 65.4 Å². The second-order valence-electron chi connectivity index (χ2n) is 6.89. The number of rotatable bonds is 6. The third-order valence-corrected chi connectivity index (χ3v) is 4.91. The van der Waals surface area contributed by atoms with Gasteiger partial charge < -0.3 is 20.8 Å². The predicted molar refractivity (Wildman–Crippen MR) is 105 cm³/mol. The van der Waals surface area contributed by atoms with E-state index in [1.54, 1.807) is 0 Å². The number of fused-ring (bicyclic) bond motifs is 1. The maximum atomic E-state index is 7.55. The van der Waals surface area contributed by atoms with Crippen LogP contribution in [0.5, 0.6) is 5.75 Å². The zero-order valence-corrected chi connectivity index (χ0v) is 14.7. The standard InChI is InChI=1S/C21H24N4O/c22-21(23)16-5-4-15-11-17(25-20(15)12-16)6-1-14-2-7-18(8-3-14)26-19-9-10-24-13-19/h2-5,7-8,11-12,19,24-25H,1,6,9-10,13H2,(H3,22,23)/t19-/m0/s1. The fourth-order valence-electron chi connectivity index (χ4n) is 3.42. The fraction of sp³-hybridized carbons (Fsp3) is 0.286. The van der Waals surface area contributed by atoms with Gasteiger partial charge in [-0.25, -0.2) is 0 Å². The molecule has 1 fully saturated rings. The Morgan fingerprint density at radius 2 is 1.96 bits per heavy atom. The highest BCUT2D eigenvalue weighted by molar-refractivity contribution is 5.98. The predicted octanol–water partition coefficient (Wildman–Crippen LogP) is 2.98. The lowest BCUT2D eigenvalue weighted by molar-refractivity contribution is 0.223. The lowest BCUT2D eigenvalue weighted by Crippen LogP contribution is -2.19. The molecule has 2 heterocycles. The number of aromatic nitrogens is 1. The van der Waals surface area contributed by atoms with Crippen LogP contribution in [0.3, 0.4) is 0 Å². The molecule has 1 aromatic heterocycles. The van der Waals surface area contributed by atoms with Crippen molar-refractivity contribution < 1.29 is 4.74 Å². The van der Waals surface area contributed by atoms with Crippen molar-refractivity contribution in [1.82, 2.24) is 10.3 Å². The Hall–Kier alpha value is -2.79. The van der Waals surface area contributed by atoms with E-state index in [0.717, 1.165) is 54.6 Å². The van der Waals surface area contributed by atoms with E-state index in [4.69, 9.17) is 15.9 Å². The molecule has 2 aromatic carbocycles. The van der Waals surface area contributed by atoms with E-state index in [1.807, 2.05) is 18.2 Å². The van der Waals surface area contributed by atoms with Gasteiger partial charge in [0.2, 0.25) is 0 Å². The van der Waals surface area contributed by atoms with Gasteiger partial charge in [-0.3, -0.25) is 5.41 Å². The Morgan fingerprint density at radius 3 is 2.69 bits per heavy atom. The monoisotopic (exact) mass is 348 g/mol. The summed E-state index contributed by atoms with van der Waals surface area (Å²) in [7, 11) is 0. The Kier molecular flexibility index (Phi) is 4.63. The van der Waals surface area contributed by atoms with Crippen LogP contribution in [0.25, 0.3) is 10.9 Å². The van der Waals surface area contributed by atoms with E-state index >= 15 is 0 Å². The van der Waals surface area contributed by atoms with Crippen LogP contribution in [0.2, 0.25) is 0 Å². The first kappa shape index (κ1) is 16.7. The molecular weight excluding hydrogens is 324 g/mol. The summed E-state index contributed by atoms with van der Waals surface area (Å²) in [4.78, 5) is 3.44. The van der Waals surface area contributed by atoms with Gasteiger partial charge in [0.15, 0.2) is 0 Å². The molecule has 5 N–H and O–H groups in total. The number of amidine groups is 1. The van der Waals surface area contributed by atoms with E-state index in [9.17, 15) is 0 Å². The lowest BCUT2D eigenvalue weighted by atomic mass is 10.1. The summed E-state index contributed by atoms with van der Waals surface area (Å²) >= 11 is 0. The first-order chi connectivity index (χ1) is 12.7. The number of hydrogen-bond acceptors (Lipinski definition) is 3. The molecule has 1 aliphatic rings. The highest BCUT2D eigenvalue weighted by Crippen LogP contribution is 2.20. The molecule has 0 radical (unpaired) electrons. The van der Waals surface area contributed by atoms with E-state index in [0.29, 0.717) is 6.10 Å². The molecule has 0 spiro atoms. The van der Waals surface area contributed by atoms with Crippen LogP contribution in [0.4, 0.5) is 0 Å². The first-order valence-electron chi connectivity index (χ1n) is 9.10. The Labute approximate surface area is 153 Å². The zero-order chi connectivity index (χ0) is 17.9. The summed E-state index contributed by atoms with van der Waals surface area (Å²) in [5, 5.41) is 12.0. The average Bonchev–Trinajstić information content (AvgIpc) is 3.29. The third-order valence-electron chi connectivity index (χ3n) is 4.91. The minimum Gasteiger partial charge on any atom is -0.489 e. The highest BCUT2D eigenvalue weighted by atomic mass is 16.5. The number of nitrogens with one attached hydrogen (secondary N) is 3. The van der Waals surface area contributed by atoms with Gasteiger partial charge in [-0.1, -0.05) is 24.3 Å². The molecule has 3 aromatic rings. The van der Waals surface area contributed by atoms with Crippen LogP contribution in [0.1, 0.15) is 23.2 Å². The van der Waals surface area contributed by atoms with Crippen LogP contribution >= 0.6 is 0 Å². The fourth-order valence-corrected chi connectivity index (χ4v) is 3.42. The molecule has 0 saturated carbocycles. The van der Waals surface area contributed by atoms with Crippen LogP contribution in [-0.4, -0.2) is 30.0 Å². The number of aromatic amines is 1. The van der Waals surface area contributed by atoms with Gasteiger partial charge in [0.1, 0.15) is 17.7 Å². The van der Waals surface area contributed by atoms with Gasteiger partial charge in [-0.05, 0) is 61.0 Å². The average molecular weight is 348 g/mol. The van der Waals surface area contributed by atoms with Crippen molar-refractivity contribution in [3.63, 3.8) is 0 Å². The molecule has 5 nitrogen and oxygen atoms in total. The van der Waals surface area contributed by atoms with Gasteiger partial charge in [-0.2, -0.15) is 0 Å². The smallest absolute Gasteiger partial charge is 0.122 e. The number of benzene rings is 2. The summed E-state index contributed by atoms with van der Waals surface area (Å²) in [5.41, 5.74) is 9.83. The van der Waals surface area contributed by atoms with Gasteiger partial charge in [-0.15, -0.1) is 0 Å². The number of ether oxygens (including phenoxy) is 1. The Balaban J connectivity index is 1.38. The molecule has 1 aliphatic heterocycles. The second-order valence-corrected chi connectivity index (χ2v) is 6.89. The largest absolute Gasteiger partial charge is 0.489 e. The van der Waals surface area contributed by atoms with Gasteiger partial charge in [0, 0.05) is 23.3 Å². The molecule has 1 saturated heterocycles. The second kappa shape index (κ2) is 7.22. The quantitative estimate of drug-likeness (QED) is 0.408. The minimum atomic E-state index is 0.0961. The molecule has 1 atom stereocenters. The maximum Gasteiger partial charge on any atom is 0.122 e. The van der Waals surface area contributed by atoms with Crippen molar-refractivity contribution in [2.24, 2.45) is 5.73 Å². The molecule has 4 rings (SSSR count). The SMILES string of the molecule is N=C(N)c1ccc2cc(CCc3ccc(O[C@H]4CCNC4)cc3)[nH]c2c1. The number of aryl methyl sites for hydroxylation is 2. The van der Waals surface area contributed by atoms with Gasteiger partial charge in [0.05, 0.1) is 0 Å². The van der Waals surface area contributed by atoms with Crippen LogP contribution < -0.4 is 15.8 Å². The molecule has 5 heteroatoms. The van der Waals surface area contributed by atoms with E-state index in [-0.39, 0.29) is 5.84 Å². The molecular formula is C21H24N4O. The molecule has 134 valence electrons. The minimum absolute atomic E-state index is 0.0961. The normalized spacial score (nSPS) is 16.8. The van der Waals surface area contributed by atoms with Crippen molar-refractivity contribution >= 4 is 16.7 Å². The Bertz CT molecular complexity index is 907. The maximum absolute atomic E-state index is 7.55. The number of hydrogen-bond donors (Lipinski definition) is 4. The molecule has 0 bridgehead atoms. The van der Waals surface area contributed by atoms with Crippen LogP contribution in [0.15, 0.2) is 48.5 Å². The van der Waals surface area contributed by atoms with Crippen LogP contribution in [0, 0.1) is 5.41 Å². The third kappa shape index (κ3) is 3.73. The number of nitrogen functional groups attached to an aromatic ring is 1. The summed E-state index contributed by atoms with van der Waals surface area (Å²) in [6.45, 7) is 1.98. The highest BCUT2D eigenvalue weighted by Gasteiger charge is 2.15. The molecule has 0 aliphatic carbocycles. The summed E-state index contributed by atoms with van der Waals surface area (Å²) in [6, 6.07) is 16.4. The van der Waals surface area contributed by atoms with Crippen molar-refractivity contribution in [2.75, 3.05) is 13.1 Å². The molecule has 0 unspecified atom stereocenters.